The summed E-state index contributed by atoms with van der Waals surface area (Å²) in [4.78, 5) is 27.9. The third kappa shape index (κ3) is 5.06. The van der Waals surface area contributed by atoms with Gasteiger partial charge in [-0.05, 0) is 38.1 Å². The predicted molar refractivity (Wildman–Crippen MR) is 92.6 cm³/mol. The van der Waals surface area contributed by atoms with Crippen LogP contribution in [0.1, 0.15) is 42.5 Å². The van der Waals surface area contributed by atoms with Gasteiger partial charge in [0.05, 0.1) is 6.54 Å². The minimum atomic E-state index is -0.0691. The van der Waals surface area contributed by atoms with Crippen LogP contribution in [0.2, 0.25) is 0 Å². The smallest absolute Gasteiger partial charge is 0.253 e. The second-order valence-electron chi connectivity index (χ2n) is 6.54. The third-order valence-electron chi connectivity index (χ3n) is 4.39. The van der Waals surface area contributed by atoms with E-state index >= 15 is 0 Å². The molecule has 1 aromatic carbocycles. The van der Waals surface area contributed by atoms with Gasteiger partial charge >= 0.3 is 0 Å². The molecule has 2 rings (SSSR count). The summed E-state index contributed by atoms with van der Waals surface area (Å²) in [6.07, 6.45) is 6.17. The molecule has 23 heavy (non-hydrogen) atoms. The van der Waals surface area contributed by atoms with Gasteiger partial charge in [-0.25, -0.2) is 0 Å². The van der Waals surface area contributed by atoms with E-state index in [1.54, 1.807) is 32.3 Å². The SMILES string of the molecule is CN(C)C(=O)c1cccc(NC(=O)CN(C)C2CCCCC2)c1. The highest BCUT2D eigenvalue weighted by Gasteiger charge is 2.20. The van der Waals surface area contributed by atoms with Crippen molar-refractivity contribution >= 4 is 17.5 Å². The molecule has 0 spiro atoms. The fourth-order valence-electron chi connectivity index (χ4n) is 3.07. The van der Waals surface area contributed by atoms with Gasteiger partial charge in [0, 0.05) is 31.4 Å². The Morgan fingerprint density at radius 1 is 1.13 bits per heavy atom. The van der Waals surface area contributed by atoms with Crippen LogP contribution in [0.4, 0.5) is 5.69 Å². The largest absolute Gasteiger partial charge is 0.345 e. The molecule has 0 saturated heterocycles. The van der Waals surface area contributed by atoms with E-state index in [4.69, 9.17) is 0 Å². The molecule has 5 heteroatoms. The number of nitrogens with zero attached hydrogens (tertiary/aromatic N) is 2. The molecule has 0 aromatic heterocycles. The molecule has 2 amide bonds. The van der Waals surface area contributed by atoms with Crippen molar-refractivity contribution in [1.29, 1.82) is 0 Å². The first-order chi connectivity index (χ1) is 11.0. The van der Waals surface area contributed by atoms with Gasteiger partial charge in [0.2, 0.25) is 5.91 Å². The Morgan fingerprint density at radius 3 is 2.48 bits per heavy atom. The molecule has 0 unspecified atom stereocenters. The molecule has 0 bridgehead atoms. The van der Waals surface area contributed by atoms with E-state index in [9.17, 15) is 9.59 Å². The number of carbonyl (C=O) groups is 2. The molecule has 1 aliphatic carbocycles. The van der Waals surface area contributed by atoms with E-state index < -0.39 is 0 Å². The van der Waals surface area contributed by atoms with Crippen LogP contribution in [0.15, 0.2) is 24.3 Å². The zero-order valence-corrected chi connectivity index (χ0v) is 14.3. The van der Waals surface area contributed by atoms with Gasteiger partial charge in [-0.3, -0.25) is 14.5 Å². The summed E-state index contributed by atoms with van der Waals surface area (Å²) in [6.45, 7) is 0.385. The molecule has 0 radical (unpaired) electrons. The number of rotatable bonds is 5. The molecule has 126 valence electrons. The first kappa shape index (κ1) is 17.5. The van der Waals surface area contributed by atoms with Gasteiger partial charge in [-0.15, -0.1) is 0 Å². The fraction of sp³-hybridized carbons (Fsp3) is 0.556. The highest BCUT2D eigenvalue weighted by Crippen LogP contribution is 2.21. The Labute approximate surface area is 138 Å². The molecular weight excluding hydrogens is 290 g/mol. The van der Waals surface area contributed by atoms with Crippen LogP contribution in [0, 0.1) is 0 Å². The van der Waals surface area contributed by atoms with Crippen LogP contribution >= 0.6 is 0 Å². The monoisotopic (exact) mass is 317 g/mol. The first-order valence-electron chi connectivity index (χ1n) is 8.29. The quantitative estimate of drug-likeness (QED) is 0.908. The standard InChI is InChI=1S/C18H27N3O2/c1-20(2)18(23)14-8-7-9-15(12-14)19-17(22)13-21(3)16-10-5-4-6-11-16/h7-9,12,16H,4-6,10-11,13H2,1-3H3,(H,19,22). The molecule has 1 N–H and O–H groups in total. The number of amides is 2. The molecule has 0 atom stereocenters. The Kier molecular flexibility index (Phi) is 6.16. The van der Waals surface area contributed by atoms with Crippen LogP contribution in [0.5, 0.6) is 0 Å². The zero-order chi connectivity index (χ0) is 16.8. The normalized spacial score (nSPS) is 15.5. The van der Waals surface area contributed by atoms with Crippen molar-refractivity contribution in [2.75, 3.05) is 33.0 Å². The van der Waals surface area contributed by atoms with E-state index in [1.807, 2.05) is 13.1 Å². The summed E-state index contributed by atoms with van der Waals surface area (Å²) < 4.78 is 0. The molecule has 1 aromatic rings. The zero-order valence-electron chi connectivity index (χ0n) is 14.3. The van der Waals surface area contributed by atoms with Crippen LogP contribution < -0.4 is 5.32 Å². The Morgan fingerprint density at radius 2 is 1.83 bits per heavy atom. The average Bonchev–Trinajstić information content (AvgIpc) is 2.55. The minimum absolute atomic E-state index is 0.0347. The molecule has 1 aliphatic rings. The number of anilines is 1. The van der Waals surface area contributed by atoms with Crippen molar-refractivity contribution in [1.82, 2.24) is 9.80 Å². The average molecular weight is 317 g/mol. The van der Waals surface area contributed by atoms with Crippen molar-refractivity contribution < 1.29 is 9.59 Å². The number of hydrogen-bond acceptors (Lipinski definition) is 3. The summed E-state index contributed by atoms with van der Waals surface area (Å²) in [5, 5.41) is 2.89. The number of carbonyl (C=O) groups excluding carboxylic acids is 2. The number of benzene rings is 1. The lowest BCUT2D eigenvalue weighted by atomic mass is 9.94. The van der Waals surface area contributed by atoms with Gasteiger partial charge < -0.3 is 10.2 Å². The second-order valence-corrected chi connectivity index (χ2v) is 6.54. The summed E-state index contributed by atoms with van der Waals surface area (Å²) in [6, 6.07) is 7.59. The van der Waals surface area contributed by atoms with E-state index in [0.29, 0.717) is 23.8 Å². The Balaban J connectivity index is 1.92. The van der Waals surface area contributed by atoms with Crippen LogP contribution in [0.25, 0.3) is 0 Å². The van der Waals surface area contributed by atoms with Gasteiger partial charge in [0.15, 0.2) is 0 Å². The van der Waals surface area contributed by atoms with Gasteiger partial charge in [-0.2, -0.15) is 0 Å². The van der Waals surface area contributed by atoms with Crippen LogP contribution in [-0.2, 0) is 4.79 Å². The van der Waals surface area contributed by atoms with Crippen molar-refractivity contribution in [3.05, 3.63) is 29.8 Å². The van der Waals surface area contributed by atoms with Crippen LogP contribution in [-0.4, -0.2) is 55.3 Å². The maximum absolute atomic E-state index is 12.2. The summed E-state index contributed by atoms with van der Waals surface area (Å²) in [5.74, 6) is -0.104. The maximum Gasteiger partial charge on any atom is 0.253 e. The summed E-state index contributed by atoms with van der Waals surface area (Å²) in [5.41, 5.74) is 1.24. The molecule has 5 nitrogen and oxygen atoms in total. The van der Waals surface area contributed by atoms with Crippen molar-refractivity contribution in [2.24, 2.45) is 0 Å². The molecule has 1 saturated carbocycles. The lowest BCUT2D eigenvalue weighted by Gasteiger charge is -2.30. The molecule has 0 aliphatic heterocycles. The highest BCUT2D eigenvalue weighted by atomic mass is 16.2. The first-order valence-corrected chi connectivity index (χ1v) is 8.29. The van der Waals surface area contributed by atoms with Gasteiger partial charge in [0.25, 0.3) is 5.91 Å². The summed E-state index contributed by atoms with van der Waals surface area (Å²) >= 11 is 0. The van der Waals surface area contributed by atoms with E-state index in [2.05, 4.69) is 10.2 Å². The lowest BCUT2D eigenvalue weighted by molar-refractivity contribution is -0.117. The van der Waals surface area contributed by atoms with Crippen LogP contribution in [0.3, 0.4) is 0 Å². The highest BCUT2D eigenvalue weighted by molar-refractivity contribution is 5.97. The number of nitrogens with one attached hydrogen (secondary N) is 1. The topological polar surface area (TPSA) is 52.7 Å². The minimum Gasteiger partial charge on any atom is -0.345 e. The van der Waals surface area contributed by atoms with Crippen molar-refractivity contribution in [2.45, 2.75) is 38.1 Å². The molecule has 0 heterocycles. The second kappa shape index (κ2) is 8.11. The van der Waals surface area contributed by atoms with Gasteiger partial charge in [0.1, 0.15) is 0 Å². The molecule has 1 fully saturated rings. The van der Waals surface area contributed by atoms with Crippen molar-refractivity contribution in [3.8, 4) is 0 Å². The fourth-order valence-corrected chi connectivity index (χ4v) is 3.07. The van der Waals surface area contributed by atoms with E-state index in [1.165, 1.54) is 37.0 Å². The van der Waals surface area contributed by atoms with E-state index in [0.717, 1.165) is 0 Å². The lowest BCUT2D eigenvalue weighted by Crippen LogP contribution is -2.39. The molecular formula is C18H27N3O2. The predicted octanol–water partition coefficient (Wildman–Crippen LogP) is 2.59. The van der Waals surface area contributed by atoms with Crippen molar-refractivity contribution in [3.63, 3.8) is 0 Å². The maximum atomic E-state index is 12.2. The Bertz CT molecular complexity index is 551. The van der Waals surface area contributed by atoms with E-state index in [-0.39, 0.29) is 11.8 Å². The third-order valence-corrected chi connectivity index (χ3v) is 4.39. The Hall–Kier alpha value is -1.88. The number of likely N-dealkylation sites (N-methyl/N-ethyl adjacent to an activating group) is 1. The number of hydrogen-bond donors (Lipinski definition) is 1. The summed E-state index contributed by atoms with van der Waals surface area (Å²) in [7, 11) is 5.45. The van der Waals surface area contributed by atoms with Gasteiger partial charge in [-0.1, -0.05) is 25.3 Å².